The van der Waals surface area contributed by atoms with Crippen molar-refractivity contribution in [2.24, 2.45) is 7.05 Å². The van der Waals surface area contributed by atoms with Crippen LogP contribution < -0.4 is 5.73 Å². The topological polar surface area (TPSA) is 56.7 Å². The number of nitrogens with zero attached hydrogens (tertiary/aromatic N) is 3. The van der Waals surface area contributed by atoms with E-state index < -0.39 is 0 Å². The molecule has 0 spiro atoms. The Kier molecular flexibility index (Phi) is 1.30. The van der Waals surface area contributed by atoms with Crippen molar-refractivity contribution >= 4 is 16.7 Å². The summed E-state index contributed by atoms with van der Waals surface area (Å²) in [5.41, 5.74) is 7.56. The maximum absolute atomic E-state index is 5.55. The molecule has 0 aliphatic heterocycles. The van der Waals surface area contributed by atoms with Crippen LogP contribution in [0.4, 0.5) is 5.82 Å². The number of nitrogen functional groups attached to an aromatic ring is 1. The van der Waals surface area contributed by atoms with Crippen molar-refractivity contribution in [2.45, 2.75) is 6.92 Å². The maximum Gasteiger partial charge on any atom is 0.124 e. The normalized spacial score (nSPS) is 10.8. The fraction of sp³-hybridized carbons (Fsp3) is 0.250. The average molecular weight is 162 g/mol. The molecule has 0 amide bonds. The molecule has 0 saturated carbocycles. The minimum absolute atomic E-state index is 0.540. The van der Waals surface area contributed by atoms with E-state index in [9.17, 15) is 0 Å². The third-order valence-electron chi connectivity index (χ3n) is 1.94. The molecule has 2 N–H and O–H groups in total. The van der Waals surface area contributed by atoms with Crippen LogP contribution in [0, 0.1) is 6.92 Å². The van der Waals surface area contributed by atoms with Crippen LogP contribution in [0.25, 0.3) is 10.9 Å². The predicted molar refractivity (Wildman–Crippen MR) is 47.7 cm³/mol. The van der Waals surface area contributed by atoms with Gasteiger partial charge in [-0.1, -0.05) is 0 Å². The fourth-order valence-corrected chi connectivity index (χ4v) is 1.34. The van der Waals surface area contributed by atoms with Gasteiger partial charge in [-0.3, -0.25) is 4.68 Å². The highest BCUT2D eigenvalue weighted by molar-refractivity contribution is 5.82. The Morgan fingerprint density at radius 1 is 1.50 bits per heavy atom. The number of aromatic nitrogens is 3. The zero-order valence-corrected chi connectivity index (χ0v) is 7.07. The van der Waals surface area contributed by atoms with Crippen molar-refractivity contribution in [3.63, 3.8) is 0 Å². The van der Waals surface area contributed by atoms with Crippen LogP contribution in [0.2, 0.25) is 0 Å². The molecule has 0 saturated heterocycles. The number of pyridine rings is 1. The van der Waals surface area contributed by atoms with Crippen LogP contribution in [0.3, 0.4) is 0 Å². The summed E-state index contributed by atoms with van der Waals surface area (Å²) >= 11 is 0. The summed E-state index contributed by atoms with van der Waals surface area (Å²) in [6, 6.07) is 1.84. The van der Waals surface area contributed by atoms with Crippen molar-refractivity contribution in [3.8, 4) is 0 Å². The molecule has 0 bridgehead atoms. The summed E-state index contributed by atoms with van der Waals surface area (Å²) in [4.78, 5) is 4.00. The van der Waals surface area contributed by atoms with Crippen molar-refractivity contribution < 1.29 is 0 Å². The van der Waals surface area contributed by atoms with Crippen LogP contribution in [-0.2, 0) is 7.05 Å². The van der Waals surface area contributed by atoms with Crippen molar-refractivity contribution in [3.05, 3.63) is 18.0 Å². The zero-order chi connectivity index (χ0) is 8.72. The quantitative estimate of drug-likeness (QED) is 0.625. The number of aryl methyl sites for hydroxylation is 2. The second-order valence-electron chi connectivity index (χ2n) is 2.84. The molecule has 2 rings (SSSR count). The number of fused-ring (bicyclic) bond motifs is 1. The van der Waals surface area contributed by atoms with Gasteiger partial charge in [-0.05, 0) is 13.0 Å². The van der Waals surface area contributed by atoms with E-state index in [-0.39, 0.29) is 0 Å². The summed E-state index contributed by atoms with van der Waals surface area (Å²) in [6.45, 7) is 1.96. The Hall–Kier alpha value is -1.58. The zero-order valence-electron chi connectivity index (χ0n) is 7.07. The molecule has 0 fully saturated rings. The van der Waals surface area contributed by atoms with Gasteiger partial charge in [0.15, 0.2) is 0 Å². The first-order chi connectivity index (χ1) is 5.68. The van der Waals surface area contributed by atoms with E-state index in [1.165, 1.54) is 0 Å². The summed E-state index contributed by atoms with van der Waals surface area (Å²) in [6.07, 6.45) is 1.74. The summed E-state index contributed by atoms with van der Waals surface area (Å²) in [7, 11) is 1.90. The average Bonchev–Trinajstić information content (AvgIpc) is 2.28. The molecule has 62 valence electrons. The lowest BCUT2D eigenvalue weighted by Crippen LogP contribution is -1.91. The van der Waals surface area contributed by atoms with Crippen LogP contribution in [0.15, 0.2) is 12.3 Å². The molecule has 2 aromatic rings. The molecular formula is C8H10N4. The van der Waals surface area contributed by atoms with Crippen LogP contribution in [-0.4, -0.2) is 14.8 Å². The number of anilines is 1. The molecule has 2 aromatic heterocycles. The first-order valence-electron chi connectivity index (χ1n) is 3.73. The van der Waals surface area contributed by atoms with Gasteiger partial charge in [-0.2, -0.15) is 5.10 Å². The monoisotopic (exact) mass is 162 g/mol. The first kappa shape index (κ1) is 7.09. The molecule has 0 unspecified atom stereocenters. The van der Waals surface area contributed by atoms with Gasteiger partial charge in [0, 0.05) is 12.4 Å². The molecule has 4 heteroatoms. The van der Waals surface area contributed by atoms with Gasteiger partial charge < -0.3 is 5.73 Å². The SMILES string of the molecule is Cc1nn(C)c2cnc(N)cc12. The minimum atomic E-state index is 0.540. The molecule has 0 aliphatic rings. The number of rotatable bonds is 0. The van der Waals surface area contributed by atoms with E-state index >= 15 is 0 Å². The van der Waals surface area contributed by atoms with E-state index in [1.807, 2.05) is 20.0 Å². The maximum atomic E-state index is 5.55. The Morgan fingerprint density at radius 2 is 2.25 bits per heavy atom. The third-order valence-corrected chi connectivity index (χ3v) is 1.94. The molecule has 2 heterocycles. The van der Waals surface area contributed by atoms with Gasteiger partial charge in [-0.15, -0.1) is 0 Å². The number of nitrogens with two attached hydrogens (primary N) is 1. The Bertz CT molecular complexity index is 430. The first-order valence-corrected chi connectivity index (χ1v) is 3.73. The summed E-state index contributed by atoms with van der Waals surface area (Å²) in [5, 5.41) is 5.33. The lowest BCUT2D eigenvalue weighted by Gasteiger charge is -1.93. The minimum Gasteiger partial charge on any atom is -0.384 e. The molecule has 0 aromatic carbocycles. The third kappa shape index (κ3) is 0.845. The highest BCUT2D eigenvalue weighted by atomic mass is 15.3. The van der Waals surface area contributed by atoms with Crippen molar-refractivity contribution in [2.75, 3.05) is 5.73 Å². The van der Waals surface area contributed by atoms with Crippen LogP contribution in [0.1, 0.15) is 5.69 Å². The Labute approximate surface area is 70.0 Å². The smallest absolute Gasteiger partial charge is 0.124 e. The van der Waals surface area contributed by atoms with Crippen LogP contribution in [0.5, 0.6) is 0 Å². The molecule has 0 atom stereocenters. The highest BCUT2D eigenvalue weighted by Gasteiger charge is 2.04. The predicted octanol–water partition coefficient (Wildman–Crippen LogP) is 0.859. The summed E-state index contributed by atoms with van der Waals surface area (Å²) in [5.74, 6) is 0.540. The fourth-order valence-electron chi connectivity index (χ4n) is 1.34. The van der Waals surface area contributed by atoms with E-state index in [1.54, 1.807) is 10.9 Å². The molecule has 12 heavy (non-hydrogen) atoms. The molecule has 4 nitrogen and oxygen atoms in total. The summed E-state index contributed by atoms with van der Waals surface area (Å²) < 4.78 is 1.80. The standard InChI is InChI=1S/C8H10N4/c1-5-6-3-8(9)10-4-7(6)12(2)11-5/h3-4H,1-2H3,(H2,9,10). The molecule has 0 radical (unpaired) electrons. The Balaban J connectivity index is 2.90. The van der Waals surface area contributed by atoms with Gasteiger partial charge in [0.1, 0.15) is 5.82 Å². The van der Waals surface area contributed by atoms with E-state index in [4.69, 9.17) is 5.73 Å². The van der Waals surface area contributed by atoms with Crippen molar-refractivity contribution in [1.29, 1.82) is 0 Å². The van der Waals surface area contributed by atoms with Gasteiger partial charge in [0.05, 0.1) is 17.4 Å². The van der Waals surface area contributed by atoms with Gasteiger partial charge in [-0.25, -0.2) is 4.98 Å². The number of hydrogen-bond donors (Lipinski definition) is 1. The highest BCUT2D eigenvalue weighted by Crippen LogP contribution is 2.17. The van der Waals surface area contributed by atoms with E-state index in [0.717, 1.165) is 16.6 Å². The van der Waals surface area contributed by atoms with E-state index in [2.05, 4.69) is 10.1 Å². The van der Waals surface area contributed by atoms with Gasteiger partial charge >= 0.3 is 0 Å². The van der Waals surface area contributed by atoms with Crippen LogP contribution >= 0.6 is 0 Å². The number of hydrogen-bond acceptors (Lipinski definition) is 3. The lowest BCUT2D eigenvalue weighted by molar-refractivity contribution is 0.782. The van der Waals surface area contributed by atoms with Crippen molar-refractivity contribution in [1.82, 2.24) is 14.8 Å². The van der Waals surface area contributed by atoms with Gasteiger partial charge in [0.2, 0.25) is 0 Å². The van der Waals surface area contributed by atoms with Gasteiger partial charge in [0.25, 0.3) is 0 Å². The second kappa shape index (κ2) is 2.20. The largest absolute Gasteiger partial charge is 0.384 e. The Morgan fingerprint density at radius 3 is 3.00 bits per heavy atom. The second-order valence-corrected chi connectivity index (χ2v) is 2.84. The molecular weight excluding hydrogens is 152 g/mol. The lowest BCUT2D eigenvalue weighted by atomic mass is 10.2. The molecule has 0 aliphatic carbocycles. The van der Waals surface area contributed by atoms with E-state index in [0.29, 0.717) is 5.82 Å².